The molecule has 3 aliphatic rings. The molecule has 2 aliphatic carbocycles. The summed E-state index contributed by atoms with van der Waals surface area (Å²) in [5.74, 6) is 0. The Labute approximate surface area is 351 Å². The van der Waals surface area contributed by atoms with Crippen molar-refractivity contribution in [1.82, 2.24) is 9.13 Å². The maximum atomic E-state index is 2.59. The summed E-state index contributed by atoms with van der Waals surface area (Å²) in [6.07, 6.45) is 0. The average molecular weight is 771 g/mol. The largest absolute Gasteiger partial charge is 0.309 e. The maximum Gasteiger partial charge on any atom is 0.0754 e. The quantitative estimate of drug-likeness (QED) is 0.166. The van der Waals surface area contributed by atoms with Crippen LogP contribution >= 0.6 is 0 Å². The van der Waals surface area contributed by atoms with E-state index in [4.69, 9.17) is 0 Å². The molecule has 15 rings (SSSR count). The van der Waals surface area contributed by atoms with Crippen LogP contribution in [0.3, 0.4) is 0 Å². The van der Waals surface area contributed by atoms with Crippen LogP contribution < -0.4 is 0 Å². The Morgan fingerprint density at radius 2 is 0.918 bits per heavy atom. The van der Waals surface area contributed by atoms with Crippen LogP contribution in [0, 0.1) is 0 Å². The normalized spacial score (nSPS) is 15.3. The van der Waals surface area contributed by atoms with E-state index < -0.39 is 5.41 Å². The first-order chi connectivity index (χ1) is 30.3. The summed E-state index contributed by atoms with van der Waals surface area (Å²) in [6.45, 7) is 0. The highest BCUT2D eigenvalue weighted by Gasteiger charge is 2.52. The summed E-state index contributed by atoms with van der Waals surface area (Å²) >= 11 is 0. The zero-order valence-corrected chi connectivity index (χ0v) is 33.0. The van der Waals surface area contributed by atoms with E-state index in [2.05, 4.69) is 215 Å². The SMILES string of the molecule is c1ccc(-n2c3ccccc3c3cc(-c4ccc5c(c4)-c4c(cc6c7c(cccc47)-c4ccccc4-6)C54c5ccccc5-n5c6ccccc6c6cccc4c65)ccc32)cc1. The van der Waals surface area contributed by atoms with Gasteiger partial charge in [-0.3, -0.25) is 0 Å². The van der Waals surface area contributed by atoms with Gasteiger partial charge in [0.15, 0.2) is 0 Å². The molecule has 1 atom stereocenters. The highest BCUT2D eigenvalue weighted by atomic mass is 15.0. The molecule has 10 aromatic carbocycles. The van der Waals surface area contributed by atoms with Crippen molar-refractivity contribution in [3.8, 4) is 55.9 Å². The molecule has 12 aromatic rings. The smallest absolute Gasteiger partial charge is 0.0754 e. The van der Waals surface area contributed by atoms with E-state index >= 15 is 0 Å². The number of benzene rings is 10. The van der Waals surface area contributed by atoms with Crippen molar-refractivity contribution in [2.24, 2.45) is 0 Å². The molecule has 0 saturated carbocycles. The monoisotopic (exact) mass is 770 g/mol. The van der Waals surface area contributed by atoms with Crippen molar-refractivity contribution >= 4 is 54.4 Å². The summed E-state index contributed by atoms with van der Waals surface area (Å²) in [4.78, 5) is 0. The van der Waals surface area contributed by atoms with E-state index in [1.54, 1.807) is 0 Å². The third kappa shape index (κ3) is 3.77. The maximum absolute atomic E-state index is 2.59. The number of fused-ring (bicyclic) bond motifs is 19. The number of rotatable bonds is 2. The van der Waals surface area contributed by atoms with Crippen molar-refractivity contribution in [1.29, 1.82) is 0 Å². The van der Waals surface area contributed by atoms with Crippen LogP contribution in [0.1, 0.15) is 22.3 Å². The summed E-state index contributed by atoms with van der Waals surface area (Å²) in [5.41, 5.74) is 22.7. The molecular formula is C59H34N2. The first-order valence-corrected chi connectivity index (χ1v) is 21.4. The van der Waals surface area contributed by atoms with Crippen molar-refractivity contribution in [3.63, 3.8) is 0 Å². The van der Waals surface area contributed by atoms with E-state index in [0.29, 0.717) is 0 Å². The summed E-state index contributed by atoms with van der Waals surface area (Å²) in [7, 11) is 0. The van der Waals surface area contributed by atoms with Gasteiger partial charge in [0, 0.05) is 27.2 Å². The second-order valence-electron chi connectivity index (χ2n) is 17.1. The fourth-order valence-corrected chi connectivity index (χ4v) is 12.2. The van der Waals surface area contributed by atoms with Crippen LogP contribution in [0.15, 0.2) is 206 Å². The fourth-order valence-electron chi connectivity index (χ4n) is 12.2. The molecule has 61 heavy (non-hydrogen) atoms. The number of hydrogen-bond acceptors (Lipinski definition) is 0. The molecule has 0 fully saturated rings. The molecule has 2 nitrogen and oxygen atoms in total. The second kappa shape index (κ2) is 11.2. The molecule has 0 amide bonds. The molecule has 1 spiro atoms. The summed E-state index contributed by atoms with van der Waals surface area (Å²) < 4.78 is 4.94. The third-order valence-electron chi connectivity index (χ3n) is 14.4. The minimum atomic E-state index is -0.547. The van der Waals surface area contributed by atoms with Gasteiger partial charge in [0.25, 0.3) is 0 Å². The molecule has 0 saturated heterocycles. The van der Waals surface area contributed by atoms with E-state index in [1.807, 2.05) is 0 Å². The Morgan fingerprint density at radius 1 is 0.311 bits per heavy atom. The highest BCUT2D eigenvalue weighted by molar-refractivity contribution is 6.22. The Bertz CT molecular complexity index is 3940. The highest BCUT2D eigenvalue weighted by Crippen LogP contribution is 2.64. The Balaban J connectivity index is 1.07. The van der Waals surface area contributed by atoms with E-state index in [0.717, 1.165) is 0 Å². The van der Waals surface area contributed by atoms with Crippen LogP contribution in [-0.4, -0.2) is 9.13 Å². The molecule has 2 aromatic heterocycles. The predicted octanol–water partition coefficient (Wildman–Crippen LogP) is 15.0. The van der Waals surface area contributed by atoms with Gasteiger partial charge in [-0.05, 0) is 132 Å². The third-order valence-corrected chi connectivity index (χ3v) is 14.4. The van der Waals surface area contributed by atoms with Gasteiger partial charge in [-0.1, -0.05) is 152 Å². The summed E-state index contributed by atoms with van der Waals surface area (Å²) in [5, 5.41) is 7.81. The lowest BCUT2D eigenvalue weighted by molar-refractivity contribution is 0.749. The first-order valence-electron chi connectivity index (χ1n) is 21.4. The van der Waals surface area contributed by atoms with Gasteiger partial charge in [0.05, 0.1) is 33.2 Å². The minimum Gasteiger partial charge on any atom is -0.309 e. The lowest BCUT2D eigenvalue weighted by Crippen LogP contribution is -2.33. The lowest BCUT2D eigenvalue weighted by atomic mass is 9.65. The second-order valence-corrected chi connectivity index (χ2v) is 17.1. The van der Waals surface area contributed by atoms with Gasteiger partial charge in [-0.25, -0.2) is 0 Å². The van der Waals surface area contributed by atoms with E-state index in [9.17, 15) is 0 Å². The molecule has 3 heterocycles. The standard InChI is InChI=1S/C59H34N2/c1-2-14-37(15-3-1)60-52-25-9-7-19-41(52)45-32-36(29-31-54(45)60)35-28-30-48-47(33-35)57-44-22-12-20-42-38-16-4-5-17-39(38)46(56(42)44)34-51(57)59(48)49-23-8-11-27-55(49)61-53-26-10-6-18-40(53)43-21-13-24-50(59)58(43)61/h1-34H. The van der Waals surface area contributed by atoms with E-state index in [-0.39, 0.29) is 0 Å². The molecule has 0 radical (unpaired) electrons. The van der Waals surface area contributed by atoms with Gasteiger partial charge >= 0.3 is 0 Å². The number of nitrogens with zero attached hydrogens (tertiary/aromatic N) is 2. The summed E-state index contributed by atoms with van der Waals surface area (Å²) in [6, 6.07) is 77.8. The molecule has 1 aliphatic heterocycles. The van der Waals surface area contributed by atoms with Crippen molar-refractivity contribution in [2.45, 2.75) is 5.41 Å². The molecule has 2 heteroatoms. The molecule has 0 bridgehead atoms. The number of para-hydroxylation sites is 5. The van der Waals surface area contributed by atoms with Crippen LogP contribution in [0.5, 0.6) is 0 Å². The van der Waals surface area contributed by atoms with Gasteiger partial charge in [0.2, 0.25) is 0 Å². The molecule has 0 N–H and O–H groups in total. The Kier molecular flexibility index (Phi) is 5.87. The van der Waals surface area contributed by atoms with Gasteiger partial charge in [-0.15, -0.1) is 0 Å². The molecular weight excluding hydrogens is 737 g/mol. The zero-order valence-electron chi connectivity index (χ0n) is 33.0. The molecule has 1 unspecified atom stereocenters. The fraction of sp³-hybridized carbons (Fsp3) is 0.0169. The van der Waals surface area contributed by atoms with Gasteiger partial charge < -0.3 is 9.13 Å². The number of aromatic nitrogens is 2. The average Bonchev–Trinajstić information content (AvgIpc) is 4.04. The van der Waals surface area contributed by atoms with Crippen LogP contribution in [0.25, 0.3) is 110 Å². The van der Waals surface area contributed by atoms with Crippen molar-refractivity contribution in [3.05, 3.63) is 229 Å². The van der Waals surface area contributed by atoms with Gasteiger partial charge in [0.1, 0.15) is 0 Å². The van der Waals surface area contributed by atoms with Crippen LogP contribution in [0.4, 0.5) is 0 Å². The first kappa shape index (κ1) is 32.0. The van der Waals surface area contributed by atoms with Crippen molar-refractivity contribution in [2.75, 3.05) is 0 Å². The zero-order chi connectivity index (χ0) is 39.6. The van der Waals surface area contributed by atoms with Crippen molar-refractivity contribution < 1.29 is 0 Å². The topological polar surface area (TPSA) is 9.86 Å². The number of hydrogen-bond donors (Lipinski definition) is 0. The van der Waals surface area contributed by atoms with E-state index in [1.165, 1.54) is 133 Å². The Morgan fingerprint density at radius 3 is 1.79 bits per heavy atom. The van der Waals surface area contributed by atoms with Crippen LogP contribution in [-0.2, 0) is 5.41 Å². The van der Waals surface area contributed by atoms with Gasteiger partial charge in [-0.2, -0.15) is 0 Å². The van der Waals surface area contributed by atoms with Crippen LogP contribution in [0.2, 0.25) is 0 Å². The predicted molar refractivity (Wildman–Crippen MR) is 253 cm³/mol. The minimum absolute atomic E-state index is 0.547. The Hall–Kier alpha value is -7.94. The molecule has 280 valence electrons. The lowest BCUT2D eigenvalue weighted by Gasteiger charge is -2.39.